The molecule has 2 heterocycles. The lowest BCUT2D eigenvalue weighted by Gasteiger charge is -2.10. The number of nitrogens with one attached hydrogen (secondary N) is 1. The van der Waals surface area contributed by atoms with Gasteiger partial charge in [0.15, 0.2) is 0 Å². The Bertz CT molecular complexity index is 1100. The minimum Gasteiger partial charge on any atom is -0.325 e. The molecule has 0 saturated carbocycles. The van der Waals surface area contributed by atoms with Crippen molar-refractivity contribution in [2.24, 2.45) is 0 Å². The first-order valence-corrected chi connectivity index (χ1v) is 7.32. The fraction of sp³-hybridized carbons (Fsp3) is 0.0526. The molecule has 0 unspecified atom stereocenters. The smallest absolute Gasteiger partial charge is 0.274 e. The number of H-pyrrole nitrogens is 1. The van der Waals surface area contributed by atoms with Crippen LogP contribution in [0.15, 0.2) is 59.4 Å². The number of aromatic nitrogens is 2. The van der Waals surface area contributed by atoms with E-state index in [0.29, 0.717) is 11.2 Å². The maximum Gasteiger partial charge on any atom is 0.274 e. The van der Waals surface area contributed by atoms with Crippen molar-refractivity contribution < 1.29 is 4.39 Å². The predicted molar refractivity (Wildman–Crippen MR) is 90.0 cm³/mol. The van der Waals surface area contributed by atoms with Gasteiger partial charge in [0.25, 0.3) is 5.56 Å². The molecule has 2 aromatic carbocycles. The summed E-state index contributed by atoms with van der Waals surface area (Å²) in [4.78, 5) is 19.7. The van der Waals surface area contributed by atoms with Gasteiger partial charge < -0.3 is 4.98 Å². The lowest BCUT2D eigenvalue weighted by Crippen LogP contribution is -2.10. The Morgan fingerprint density at radius 1 is 0.957 bits per heavy atom. The van der Waals surface area contributed by atoms with Gasteiger partial charge in [-0.15, -0.1) is 0 Å². The van der Waals surface area contributed by atoms with Crippen molar-refractivity contribution in [1.82, 2.24) is 9.97 Å². The van der Waals surface area contributed by atoms with Gasteiger partial charge in [-0.25, -0.2) is 9.37 Å². The van der Waals surface area contributed by atoms with Crippen LogP contribution in [0.2, 0.25) is 0 Å². The summed E-state index contributed by atoms with van der Waals surface area (Å²) in [7, 11) is 0. The van der Waals surface area contributed by atoms with Gasteiger partial charge in [0, 0.05) is 22.0 Å². The fourth-order valence-electron chi connectivity index (χ4n) is 2.92. The monoisotopic (exact) mass is 304 g/mol. The van der Waals surface area contributed by atoms with Crippen LogP contribution in [0.5, 0.6) is 0 Å². The summed E-state index contributed by atoms with van der Waals surface area (Å²) in [5.74, 6) is -0.299. The first kappa shape index (κ1) is 13.6. The van der Waals surface area contributed by atoms with Crippen LogP contribution in [0, 0.1) is 12.7 Å². The Morgan fingerprint density at radius 2 is 1.65 bits per heavy atom. The number of fused-ring (bicyclic) bond motifs is 3. The maximum absolute atomic E-state index is 13.2. The summed E-state index contributed by atoms with van der Waals surface area (Å²) in [6.07, 6.45) is 0. The summed E-state index contributed by atoms with van der Waals surface area (Å²) in [5, 5.41) is 2.73. The second-order valence-corrected chi connectivity index (χ2v) is 5.56. The molecule has 23 heavy (non-hydrogen) atoms. The van der Waals surface area contributed by atoms with Gasteiger partial charge >= 0.3 is 0 Å². The number of benzene rings is 2. The summed E-state index contributed by atoms with van der Waals surface area (Å²) in [5.41, 5.74) is 2.44. The summed E-state index contributed by atoms with van der Waals surface area (Å²) in [6, 6.07) is 15.9. The van der Waals surface area contributed by atoms with E-state index in [1.54, 1.807) is 12.1 Å². The Morgan fingerprint density at radius 3 is 2.39 bits per heavy atom. The molecule has 0 saturated heterocycles. The maximum atomic E-state index is 13.2. The Kier molecular flexibility index (Phi) is 2.98. The molecule has 0 spiro atoms. The molecule has 4 aromatic rings. The molecule has 0 aliphatic heterocycles. The number of pyridine rings is 2. The molecule has 0 bridgehead atoms. The zero-order valence-electron chi connectivity index (χ0n) is 12.4. The predicted octanol–water partition coefficient (Wildman–Crippen LogP) is 4.19. The van der Waals surface area contributed by atoms with Gasteiger partial charge in [0.1, 0.15) is 11.3 Å². The van der Waals surface area contributed by atoms with Crippen LogP contribution in [-0.2, 0) is 0 Å². The third-order valence-electron chi connectivity index (χ3n) is 3.96. The SMILES string of the molecule is Cc1cc2c(nc(-c3ccc(F)cc3)c3ccccc32)c(=O)[nH]1. The van der Waals surface area contributed by atoms with E-state index in [4.69, 9.17) is 0 Å². The first-order valence-electron chi connectivity index (χ1n) is 7.32. The summed E-state index contributed by atoms with van der Waals surface area (Å²) >= 11 is 0. The molecule has 4 rings (SSSR count). The van der Waals surface area contributed by atoms with E-state index in [0.717, 1.165) is 27.4 Å². The molecule has 3 nitrogen and oxygen atoms in total. The van der Waals surface area contributed by atoms with E-state index < -0.39 is 0 Å². The standard InChI is InChI=1S/C19H13FN2O/c1-11-10-16-14-4-2-3-5-15(14)17(22-18(16)19(23)21-11)12-6-8-13(20)9-7-12/h2-10H,1H3,(H,21,23). The molecule has 0 aliphatic rings. The van der Waals surface area contributed by atoms with Crippen LogP contribution in [0.1, 0.15) is 5.69 Å². The number of rotatable bonds is 1. The number of aromatic amines is 1. The van der Waals surface area contributed by atoms with Gasteiger partial charge in [-0.2, -0.15) is 0 Å². The molecule has 0 fully saturated rings. The van der Waals surface area contributed by atoms with E-state index in [1.165, 1.54) is 12.1 Å². The molecular weight excluding hydrogens is 291 g/mol. The van der Waals surface area contributed by atoms with Crippen molar-refractivity contribution in [2.75, 3.05) is 0 Å². The van der Waals surface area contributed by atoms with Crippen LogP contribution >= 0.6 is 0 Å². The van der Waals surface area contributed by atoms with Crippen LogP contribution in [-0.4, -0.2) is 9.97 Å². The zero-order chi connectivity index (χ0) is 16.0. The number of halogens is 1. The van der Waals surface area contributed by atoms with Gasteiger partial charge in [-0.1, -0.05) is 24.3 Å². The molecule has 4 heteroatoms. The second kappa shape index (κ2) is 5.02. The molecule has 0 amide bonds. The Balaban J connectivity index is 2.19. The number of aryl methyl sites for hydroxylation is 1. The highest BCUT2D eigenvalue weighted by atomic mass is 19.1. The van der Waals surface area contributed by atoms with E-state index in [-0.39, 0.29) is 11.4 Å². The van der Waals surface area contributed by atoms with Gasteiger partial charge in [0.05, 0.1) is 5.69 Å². The van der Waals surface area contributed by atoms with Gasteiger partial charge in [-0.3, -0.25) is 4.79 Å². The summed E-state index contributed by atoms with van der Waals surface area (Å²) in [6.45, 7) is 1.85. The number of hydrogen-bond acceptors (Lipinski definition) is 2. The molecular formula is C19H13FN2O. The Hall–Kier alpha value is -3.01. The molecule has 1 N–H and O–H groups in total. The number of hydrogen-bond donors (Lipinski definition) is 1. The highest BCUT2D eigenvalue weighted by Crippen LogP contribution is 2.31. The quantitative estimate of drug-likeness (QED) is 0.536. The van der Waals surface area contributed by atoms with Gasteiger partial charge in [-0.05, 0) is 42.6 Å². The van der Waals surface area contributed by atoms with Crippen molar-refractivity contribution in [3.05, 3.63) is 76.5 Å². The Labute approximate surface area is 131 Å². The summed E-state index contributed by atoms with van der Waals surface area (Å²) < 4.78 is 13.2. The molecule has 112 valence electrons. The normalized spacial score (nSPS) is 11.2. The molecule has 0 aliphatic carbocycles. The van der Waals surface area contributed by atoms with E-state index in [1.807, 2.05) is 37.3 Å². The third-order valence-corrected chi connectivity index (χ3v) is 3.96. The van der Waals surface area contributed by atoms with Crippen molar-refractivity contribution >= 4 is 21.7 Å². The largest absolute Gasteiger partial charge is 0.325 e. The molecule has 0 atom stereocenters. The zero-order valence-corrected chi connectivity index (χ0v) is 12.4. The molecule has 0 radical (unpaired) electrons. The van der Waals surface area contributed by atoms with E-state index >= 15 is 0 Å². The average molecular weight is 304 g/mol. The van der Waals surface area contributed by atoms with Crippen molar-refractivity contribution in [1.29, 1.82) is 0 Å². The number of nitrogens with zero attached hydrogens (tertiary/aromatic N) is 1. The minimum atomic E-state index is -0.299. The van der Waals surface area contributed by atoms with Crippen LogP contribution < -0.4 is 5.56 Å². The molecule has 2 aromatic heterocycles. The third kappa shape index (κ3) is 2.19. The van der Waals surface area contributed by atoms with Gasteiger partial charge in [0.2, 0.25) is 0 Å². The highest BCUT2D eigenvalue weighted by molar-refractivity contribution is 6.10. The van der Waals surface area contributed by atoms with Crippen molar-refractivity contribution in [2.45, 2.75) is 6.92 Å². The minimum absolute atomic E-state index is 0.214. The lowest BCUT2D eigenvalue weighted by molar-refractivity contribution is 0.628. The topological polar surface area (TPSA) is 45.8 Å². The first-order chi connectivity index (χ1) is 11.1. The van der Waals surface area contributed by atoms with Crippen molar-refractivity contribution in [3.63, 3.8) is 0 Å². The second-order valence-electron chi connectivity index (χ2n) is 5.56. The fourth-order valence-corrected chi connectivity index (χ4v) is 2.92. The lowest BCUT2D eigenvalue weighted by atomic mass is 10.0. The van der Waals surface area contributed by atoms with Crippen LogP contribution in [0.25, 0.3) is 32.9 Å². The van der Waals surface area contributed by atoms with E-state index in [9.17, 15) is 9.18 Å². The highest BCUT2D eigenvalue weighted by Gasteiger charge is 2.12. The van der Waals surface area contributed by atoms with Crippen LogP contribution in [0.4, 0.5) is 4.39 Å². The van der Waals surface area contributed by atoms with E-state index in [2.05, 4.69) is 9.97 Å². The average Bonchev–Trinajstić information content (AvgIpc) is 2.55. The van der Waals surface area contributed by atoms with Crippen molar-refractivity contribution in [3.8, 4) is 11.3 Å². The van der Waals surface area contributed by atoms with Crippen LogP contribution in [0.3, 0.4) is 0 Å².